The average molecular weight is 516 g/mol. The van der Waals surface area contributed by atoms with Gasteiger partial charge in [-0.3, -0.25) is 9.78 Å². The van der Waals surface area contributed by atoms with Crippen LogP contribution in [0.15, 0.2) is 54.7 Å². The summed E-state index contributed by atoms with van der Waals surface area (Å²) in [5.41, 5.74) is 3.99. The molecule has 7 heteroatoms. The highest BCUT2D eigenvalue weighted by Crippen LogP contribution is 2.41. The Morgan fingerprint density at radius 3 is 2.58 bits per heavy atom. The van der Waals surface area contributed by atoms with Crippen molar-refractivity contribution >= 4 is 5.97 Å². The third kappa shape index (κ3) is 5.51. The van der Waals surface area contributed by atoms with E-state index in [1.807, 2.05) is 24.3 Å². The maximum atomic E-state index is 15.0. The number of carboxylic acids is 1. The Morgan fingerprint density at radius 1 is 1.18 bits per heavy atom. The average Bonchev–Trinajstić information content (AvgIpc) is 3.31. The topological polar surface area (TPSA) is 77.9 Å². The predicted molar refractivity (Wildman–Crippen MR) is 141 cm³/mol. The van der Waals surface area contributed by atoms with Crippen LogP contribution in [0.3, 0.4) is 0 Å². The fraction of sp³-hybridized carbons (Fsp3) is 0.355. The number of carbonyl (C=O) groups is 1. The molecule has 0 radical (unpaired) electrons. The summed E-state index contributed by atoms with van der Waals surface area (Å²) in [5.74, 6) is 5.45. The van der Waals surface area contributed by atoms with Gasteiger partial charge in [0.05, 0.1) is 44.1 Å². The zero-order valence-electron chi connectivity index (χ0n) is 21.5. The lowest BCUT2D eigenvalue weighted by Crippen LogP contribution is -2.44. The number of pyridine rings is 1. The highest BCUT2D eigenvalue weighted by atomic mass is 19.1. The monoisotopic (exact) mass is 515 g/mol. The van der Waals surface area contributed by atoms with E-state index in [4.69, 9.17) is 14.2 Å². The molecule has 6 nitrogen and oxygen atoms in total. The number of fused-ring (bicyclic) bond motifs is 1. The second kappa shape index (κ2) is 10.8. The van der Waals surface area contributed by atoms with Gasteiger partial charge in [0.2, 0.25) is 0 Å². The fourth-order valence-corrected chi connectivity index (χ4v) is 4.99. The van der Waals surface area contributed by atoms with Gasteiger partial charge in [-0.1, -0.05) is 25.0 Å². The molecule has 0 spiro atoms. The van der Waals surface area contributed by atoms with E-state index in [-0.39, 0.29) is 17.7 Å². The van der Waals surface area contributed by atoms with E-state index < -0.39 is 18.0 Å². The van der Waals surface area contributed by atoms with Gasteiger partial charge in [0, 0.05) is 16.5 Å². The van der Waals surface area contributed by atoms with Crippen molar-refractivity contribution in [3.05, 3.63) is 77.2 Å². The Balaban J connectivity index is 1.31. The summed E-state index contributed by atoms with van der Waals surface area (Å²) in [4.78, 5) is 15.8. The molecule has 1 aliphatic carbocycles. The van der Waals surface area contributed by atoms with Gasteiger partial charge in [0.1, 0.15) is 23.4 Å². The van der Waals surface area contributed by atoms with Gasteiger partial charge in [-0.2, -0.15) is 0 Å². The number of hydrogen-bond acceptors (Lipinski definition) is 5. The molecule has 5 rings (SSSR count). The molecule has 0 saturated carbocycles. The second-order valence-corrected chi connectivity index (χ2v) is 10.2. The maximum absolute atomic E-state index is 15.0. The number of aliphatic carboxylic acids is 1. The first kappa shape index (κ1) is 25.7. The van der Waals surface area contributed by atoms with E-state index in [1.165, 1.54) is 6.07 Å². The van der Waals surface area contributed by atoms with Gasteiger partial charge in [-0.15, -0.1) is 5.92 Å². The Hall–Kier alpha value is -3.89. The molecule has 1 unspecified atom stereocenters. The van der Waals surface area contributed by atoms with Gasteiger partial charge < -0.3 is 19.3 Å². The lowest BCUT2D eigenvalue weighted by Gasteiger charge is -2.37. The number of hydrogen-bond donors (Lipinski definition) is 1. The van der Waals surface area contributed by atoms with Crippen molar-refractivity contribution in [3.63, 3.8) is 0 Å². The smallest absolute Gasteiger partial charge is 0.304 e. The first-order chi connectivity index (χ1) is 18.3. The van der Waals surface area contributed by atoms with Crippen LogP contribution in [0.2, 0.25) is 0 Å². The maximum Gasteiger partial charge on any atom is 0.304 e. The summed E-state index contributed by atoms with van der Waals surface area (Å²) in [5, 5.41) is 9.18. The Labute approximate surface area is 221 Å². The van der Waals surface area contributed by atoms with Gasteiger partial charge in [0.15, 0.2) is 0 Å². The van der Waals surface area contributed by atoms with E-state index >= 15 is 4.39 Å². The minimum atomic E-state index is -0.901. The zero-order valence-corrected chi connectivity index (χ0v) is 21.5. The standard InChI is InChI=1S/C31H30FNO5/c1-3-4-21(15-29(34)35)20-5-7-22(8-6-20)38-28-14-11-25-24(10-12-26(32)30(25)28)27-13-9-23(16-33-27)37-19-31(2)17-36-18-31/h5-10,12-13,16,21,28H,11,14-15,17-19H2,1-2H3,(H,34,35)/t21?,28-/m1/s1. The predicted octanol–water partition coefficient (Wildman–Crippen LogP) is 5.95. The Kier molecular flexibility index (Phi) is 7.35. The number of aromatic nitrogens is 1. The van der Waals surface area contributed by atoms with Gasteiger partial charge >= 0.3 is 5.97 Å². The van der Waals surface area contributed by atoms with E-state index in [1.54, 1.807) is 31.3 Å². The minimum Gasteiger partial charge on any atom is -0.491 e. The fourth-order valence-electron chi connectivity index (χ4n) is 4.99. The van der Waals surface area contributed by atoms with Crippen LogP contribution in [0, 0.1) is 23.1 Å². The normalized spacial score (nSPS) is 17.9. The quantitative estimate of drug-likeness (QED) is 0.355. The third-order valence-electron chi connectivity index (χ3n) is 7.04. The SMILES string of the molecule is CC#CC(CC(=O)O)c1ccc(O[C@@H]2CCc3c(-c4ccc(OCC5(C)COC5)cn4)ccc(F)c32)cc1. The molecule has 196 valence electrons. The largest absolute Gasteiger partial charge is 0.491 e. The van der Waals surface area contributed by atoms with Gasteiger partial charge in [-0.05, 0) is 67.3 Å². The number of rotatable bonds is 9. The van der Waals surface area contributed by atoms with Crippen LogP contribution >= 0.6 is 0 Å². The second-order valence-electron chi connectivity index (χ2n) is 10.2. The van der Waals surface area contributed by atoms with Crippen LogP contribution in [0.5, 0.6) is 11.5 Å². The van der Waals surface area contributed by atoms with E-state index in [0.29, 0.717) is 49.7 Å². The number of benzene rings is 2. The first-order valence-corrected chi connectivity index (χ1v) is 12.7. The van der Waals surface area contributed by atoms with Crippen molar-refractivity contribution in [2.75, 3.05) is 19.8 Å². The van der Waals surface area contributed by atoms with Crippen molar-refractivity contribution < 1.29 is 28.5 Å². The Bertz CT molecular complexity index is 1370. The highest BCUT2D eigenvalue weighted by molar-refractivity contribution is 5.69. The number of halogens is 1. The number of carboxylic acid groups (broad SMARTS) is 1. The van der Waals surface area contributed by atoms with Crippen LogP contribution in [0.1, 0.15) is 55.4 Å². The van der Waals surface area contributed by atoms with Gasteiger partial charge in [-0.25, -0.2) is 4.39 Å². The van der Waals surface area contributed by atoms with Crippen molar-refractivity contribution in [3.8, 4) is 34.6 Å². The molecule has 1 saturated heterocycles. The lowest BCUT2D eigenvalue weighted by atomic mass is 9.90. The summed E-state index contributed by atoms with van der Waals surface area (Å²) < 4.78 is 32.4. The number of nitrogens with zero attached hydrogens (tertiary/aromatic N) is 1. The van der Waals surface area contributed by atoms with Crippen molar-refractivity contribution in [2.45, 2.75) is 45.1 Å². The lowest BCUT2D eigenvalue weighted by molar-refractivity contribution is -0.137. The highest BCUT2D eigenvalue weighted by Gasteiger charge is 2.34. The zero-order chi connectivity index (χ0) is 26.7. The molecular weight excluding hydrogens is 485 g/mol. The van der Waals surface area contributed by atoms with E-state index in [9.17, 15) is 9.90 Å². The molecule has 0 amide bonds. The molecule has 2 atom stereocenters. The van der Waals surface area contributed by atoms with Crippen LogP contribution < -0.4 is 9.47 Å². The number of ether oxygens (including phenoxy) is 3. The minimum absolute atomic E-state index is 0.0512. The summed E-state index contributed by atoms with van der Waals surface area (Å²) in [6, 6.07) is 14.3. The van der Waals surface area contributed by atoms with Crippen molar-refractivity contribution in [1.82, 2.24) is 4.98 Å². The molecule has 38 heavy (non-hydrogen) atoms. The van der Waals surface area contributed by atoms with Crippen molar-refractivity contribution in [1.29, 1.82) is 0 Å². The van der Waals surface area contributed by atoms with Crippen LogP contribution in [0.4, 0.5) is 4.39 Å². The first-order valence-electron chi connectivity index (χ1n) is 12.7. The van der Waals surface area contributed by atoms with E-state index in [2.05, 4.69) is 23.7 Å². The summed E-state index contributed by atoms with van der Waals surface area (Å²) in [6.45, 7) is 5.80. The van der Waals surface area contributed by atoms with Crippen molar-refractivity contribution in [2.24, 2.45) is 5.41 Å². The summed E-state index contributed by atoms with van der Waals surface area (Å²) in [7, 11) is 0. The van der Waals surface area contributed by atoms with Crippen LogP contribution in [0.25, 0.3) is 11.3 Å². The molecule has 3 aromatic rings. The van der Waals surface area contributed by atoms with E-state index in [0.717, 1.165) is 22.4 Å². The summed E-state index contributed by atoms with van der Waals surface area (Å²) >= 11 is 0. The molecule has 2 aromatic carbocycles. The van der Waals surface area contributed by atoms with Gasteiger partial charge in [0.25, 0.3) is 0 Å². The Morgan fingerprint density at radius 2 is 1.95 bits per heavy atom. The molecule has 1 fully saturated rings. The molecule has 0 bridgehead atoms. The molecule has 1 aromatic heterocycles. The molecule has 2 aliphatic rings. The van der Waals surface area contributed by atoms with Crippen LogP contribution in [-0.4, -0.2) is 35.9 Å². The summed E-state index contributed by atoms with van der Waals surface area (Å²) in [6.07, 6.45) is 2.54. The third-order valence-corrected chi connectivity index (χ3v) is 7.04. The molecular formula is C31H30FNO5. The molecule has 1 aliphatic heterocycles. The van der Waals surface area contributed by atoms with Crippen LogP contribution in [-0.2, 0) is 16.0 Å². The molecule has 2 heterocycles. The molecule has 1 N–H and O–H groups in total.